The molecule has 2 atom stereocenters. The molecule has 2 N–H and O–H groups in total. The lowest BCUT2D eigenvalue weighted by Crippen LogP contribution is -2.25. The second-order valence-electron chi connectivity index (χ2n) is 5.41. The minimum absolute atomic E-state index is 0.0456. The van der Waals surface area contributed by atoms with Gasteiger partial charge in [-0.25, -0.2) is 8.78 Å². The van der Waals surface area contributed by atoms with Crippen LogP contribution in [0.1, 0.15) is 63.2 Å². The van der Waals surface area contributed by atoms with E-state index in [1.54, 1.807) is 0 Å². The van der Waals surface area contributed by atoms with Crippen LogP contribution in [0.4, 0.5) is 8.78 Å². The summed E-state index contributed by atoms with van der Waals surface area (Å²) in [4.78, 5) is 4.18. The number of nitrogens with zero attached hydrogens (tertiary/aromatic N) is 2. The molecule has 0 aliphatic heterocycles. The topological polar surface area (TPSA) is 64.9 Å². The number of hydrogen-bond donors (Lipinski definition) is 1. The lowest BCUT2D eigenvalue weighted by molar-refractivity contribution is -0.0440. The second kappa shape index (κ2) is 4.91. The molecule has 0 saturated heterocycles. The molecular formula is C12H19F2N3O. The lowest BCUT2D eigenvalue weighted by atomic mass is 9.86. The molecule has 0 amide bonds. The Bertz CT molecular complexity index is 406. The highest BCUT2D eigenvalue weighted by Gasteiger charge is 2.39. The first-order chi connectivity index (χ1) is 8.39. The van der Waals surface area contributed by atoms with E-state index in [4.69, 9.17) is 10.3 Å². The largest absolute Gasteiger partial charge is 0.339 e. The summed E-state index contributed by atoms with van der Waals surface area (Å²) in [5.74, 6) is -2.05. The van der Waals surface area contributed by atoms with Crippen molar-refractivity contribution in [3.63, 3.8) is 0 Å². The van der Waals surface area contributed by atoms with Gasteiger partial charge >= 0.3 is 0 Å². The van der Waals surface area contributed by atoms with Crippen LogP contribution in [0.3, 0.4) is 0 Å². The third kappa shape index (κ3) is 2.85. The van der Waals surface area contributed by atoms with Crippen LogP contribution in [-0.4, -0.2) is 16.1 Å². The highest BCUT2D eigenvalue weighted by Crippen LogP contribution is 2.41. The summed E-state index contributed by atoms with van der Waals surface area (Å²) in [6.45, 7) is 3.91. The van der Waals surface area contributed by atoms with E-state index in [0.29, 0.717) is 24.6 Å². The van der Waals surface area contributed by atoms with E-state index in [1.807, 2.05) is 13.8 Å². The number of aromatic nitrogens is 2. The van der Waals surface area contributed by atoms with Crippen molar-refractivity contribution in [3.8, 4) is 0 Å². The van der Waals surface area contributed by atoms with Crippen LogP contribution >= 0.6 is 0 Å². The lowest BCUT2D eigenvalue weighted by Gasteiger charge is -2.26. The smallest absolute Gasteiger partial charge is 0.248 e. The highest BCUT2D eigenvalue weighted by atomic mass is 19.3. The van der Waals surface area contributed by atoms with Gasteiger partial charge in [-0.05, 0) is 18.8 Å². The zero-order valence-corrected chi connectivity index (χ0v) is 10.7. The number of hydrogen-bond acceptors (Lipinski definition) is 4. The zero-order chi connectivity index (χ0) is 13.3. The Labute approximate surface area is 105 Å². The summed E-state index contributed by atoms with van der Waals surface area (Å²) in [6.07, 6.45) is 0.918. The van der Waals surface area contributed by atoms with Crippen LogP contribution < -0.4 is 5.73 Å². The third-order valence-electron chi connectivity index (χ3n) is 3.46. The van der Waals surface area contributed by atoms with Gasteiger partial charge in [0, 0.05) is 18.8 Å². The molecule has 0 aromatic carbocycles. The SMILES string of the molecule is CC(C)C(N)c1noc(C2CCCC(F)(F)C2)n1. The molecule has 1 aromatic rings. The summed E-state index contributed by atoms with van der Waals surface area (Å²) in [7, 11) is 0. The van der Waals surface area contributed by atoms with E-state index in [-0.39, 0.29) is 30.7 Å². The van der Waals surface area contributed by atoms with Gasteiger partial charge in [0.25, 0.3) is 0 Å². The average Bonchev–Trinajstić information content (AvgIpc) is 2.75. The maximum atomic E-state index is 13.3. The summed E-state index contributed by atoms with van der Waals surface area (Å²) >= 11 is 0. The van der Waals surface area contributed by atoms with Gasteiger partial charge in [-0.15, -0.1) is 0 Å². The van der Waals surface area contributed by atoms with Gasteiger partial charge in [0.1, 0.15) is 0 Å². The number of alkyl halides is 2. The van der Waals surface area contributed by atoms with E-state index in [1.165, 1.54) is 0 Å². The molecule has 0 bridgehead atoms. The predicted octanol–water partition coefficient (Wildman–Crippen LogP) is 3.02. The van der Waals surface area contributed by atoms with Gasteiger partial charge in [0.05, 0.1) is 6.04 Å². The molecule has 0 radical (unpaired) electrons. The minimum Gasteiger partial charge on any atom is -0.339 e. The van der Waals surface area contributed by atoms with Crippen molar-refractivity contribution in [2.24, 2.45) is 11.7 Å². The standard InChI is InChI=1S/C12H19F2N3O/c1-7(2)9(15)10-16-11(18-17-10)8-4-3-5-12(13,14)6-8/h7-9H,3-6,15H2,1-2H3. The number of halogens is 2. The third-order valence-corrected chi connectivity index (χ3v) is 3.46. The van der Waals surface area contributed by atoms with Crippen LogP contribution in [0.25, 0.3) is 0 Å². The average molecular weight is 259 g/mol. The Balaban J connectivity index is 2.10. The molecule has 1 aliphatic carbocycles. The van der Waals surface area contributed by atoms with Crippen molar-refractivity contribution in [1.82, 2.24) is 10.1 Å². The van der Waals surface area contributed by atoms with Crippen molar-refractivity contribution < 1.29 is 13.3 Å². The van der Waals surface area contributed by atoms with E-state index >= 15 is 0 Å². The van der Waals surface area contributed by atoms with Crippen LogP contribution in [0, 0.1) is 5.92 Å². The normalized spacial score (nSPS) is 25.3. The number of nitrogens with two attached hydrogens (primary N) is 1. The van der Waals surface area contributed by atoms with Gasteiger partial charge in [-0.3, -0.25) is 0 Å². The maximum Gasteiger partial charge on any atom is 0.248 e. The minimum atomic E-state index is -2.61. The Morgan fingerprint density at radius 3 is 2.78 bits per heavy atom. The van der Waals surface area contributed by atoms with Gasteiger partial charge < -0.3 is 10.3 Å². The molecule has 102 valence electrons. The Morgan fingerprint density at radius 2 is 2.17 bits per heavy atom. The molecule has 1 aliphatic rings. The van der Waals surface area contributed by atoms with Crippen molar-refractivity contribution in [3.05, 3.63) is 11.7 Å². The van der Waals surface area contributed by atoms with Gasteiger partial charge in [0.15, 0.2) is 5.82 Å². The quantitative estimate of drug-likeness (QED) is 0.906. The first kappa shape index (κ1) is 13.4. The van der Waals surface area contributed by atoms with Crippen molar-refractivity contribution in [2.75, 3.05) is 0 Å². The van der Waals surface area contributed by atoms with Crippen LogP contribution in [0.15, 0.2) is 4.52 Å². The molecule has 1 aromatic heterocycles. The van der Waals surface area contributed by atoms with Gasteiger partial charge in [0.2, 0.25) is 11.8 Å². The fraction of sp³-hybridized carbons (Fsp3) is 0.833. The van der Waals surface area contributed by atoms with Crippen LogP contribution in [-0.2, 0) is 0 Å². The fourth-order valence-corrected chi connectivity index (χ4v) is 2.23. The first-order valence-electron chi connectivity index (χ1n) is 6.36. The highest BCUT2D eigenvalue weighted by molar-refractivity contribution is 5.01. The van der Waals surface area contributed by atoms with Crippen molar-refractivity contribution in [2.45, 2.75) is 57.4 Å². The first-order valence-corrected chi connectivity index (χ1v) is 6.36. The zero-order valence-electron chi connectivity index (χ0n) is 10.7. The van der Waals surface area contributed by atoms with Crippen molar-refractivity contribution in [1.29, 1.82) is 0 Å². The van der Waals surface area contributed by atoms with E-state index < -0.39 is 5.92 Å². The van der Waals surface area contributed by atoms with E-state index in [0.717, 1.165) is 0 Å². The molecular weight excluding hydrogens is 240 g/mol. The van der Waals surface area contributed by atoms with Gasteiger partial charge in [-0.1, -0.05) is 19.0 Å². The predicted molar refractivity (Wildman–Crippen MR) is 62.2 cm³/mol. The Hall–Kier alpha value is -1.04. The van der Waals surface area contributed by atoms with E-state index in [9.17, 15) is 8.78 Å². The summed E-state index contributed by atoms with van der Waals surface area (Å²) in [5.41, 5.74) is 5.90. The molecule has 2 unspecified atom stereocenters. The summed E-state index contributed by atoms with van der Waals surface area (Å²) in [6, 6.07) is -0.313. The fourth-order valence-electron chi connectivity index (χ4n) is 2.23. The molecule has 4 nitrogen and oxygen atoms in total. The molecule has 1 fully saturated rings. The maximum absolute atomic E-state index is 13.3. The van der Waals surface area contributed by atoms with Crippen LogP contribution in [0.2, 0.25) is 0 Å². The van der Waals surface area contributed by atoms with E-state index in [2.05, 4.69) is 10.1 Å². The Morgan fingerprint density at radius 1 is 1.44 bits per heavy atom. The summed E-state index contributed by atoms with van der Waals surface area (Å²) in [5, 5.41) is 3.80. The molecule has 0 spiro atoms. The van der Waals surface area contributed by atoms with Crippen LogP contribution in [0.5, 0.6) is 0 Å². The second-order valence-corrected chi connectivity index (χ2v) is 5.41. The summed E-state index contributed by atoms with van der Waals surface area (Å²) < 4.78 is 31.7. The van der Waals surface area contributed by atoms with Gasteiger partial charge in [-0.2, -0.15) is 4.98 Å². The molecule has 1 heterocycles. The Kier molecular flexibility index (Phi) is 3.66. The number of rotatable bonds is 3. The monoisotopic (exact) mass is 259 g/mol. The van der Waals surface area contributed by atoms with Crippen molar-refractivity contribution >= 4 is 0 Å². The molecule has 1 saturated carbocycles. The molecule has 2 rings (SSSR count). The molecule has 18 heavy (non-hydrogen) atoms. The molecule has 6 heteroatoms.